The fraction of sp³-hybridized carbons (Fsp3) is 0.538. The minimum atomic E-state index is -0.501. The van der Waals surface area contributed by atoms with E-state index in [0.717, 1.165) is 32.5 Å². The maximum absolute atomic E-state index is 10.1. The minimum absolute atomic E-state index is 0.501. The molecule has 0 aliphatic carbocycles. The SMILES string of the molecule is CN1CCc2cc(CC3(O)CNC3)ccc21. The Morgan fingerprint density at radius 2 is 2.25 bits per heavy atom. The number of hydrogen-bond acceptors (Lipinski definition) is 3. The van der Waals surface area contributed by atoms with Gasteiger partial charge in [-0.1, -0.05) is 12.1 Å². The zero-order chi connectivity index (χ0) is 11.2. The number of rotatable bonds is 2. The molecule has 0 spiro atoms. The Bertz CT molecular complexity index is 412. The first-order valence-corrected chi connectivity index (χ1v) is 5.92. The average Bonchev–Trinajstić information content (AvgIpc) is 2.58. The van der Waals surface area contributed by atoms with Crippen LogP contribution in [-0.2, 0) is 12.8 Å². The number of nitrogens with one attached hydrogen (secondary N) is 1. The van der Waals surface area contributed by atoms with Crippen molar-refractivity contribution in [2.45, 2.75) is 18.4 Å². The molecule has 3 rings (SSSR count). The van der Waals surface area contributed by atoms with Crippen molar-refractivity contribution in [3.05, 3.63) is 29.3 Å². The third-order valence-corrected chi connectivity index (χ3v) is 3.71. The van der Waals surface area contributed by atoms with Crippen molar-refractivity contribution in [2.75, 3.05) is 31.6 Å². The number of likely N-dealkylation sites (N-methyl/N-ethyl adjacent to an activating group) is 1. The van der Waals surface area contributed by atoms with Gasteiger partial charge >= 0.3 is 0 Å². The topological polar surface area (TPSA) is 35.5 Å². The Morgan fingerprint density at radius 3 is 2.94 bits per heavy atom. The van der Waals surface area contributed by atoms with Crippen molar-refractivity contribution in [2.24, 2.45) is 0 Å². The summed E-state index contributed by atoms with van der Waals surface area (Å²) in [5.74, 6) is 0. The maximum atomic E-state index is 10.1. The fourth-order valence-corrected chi connectivity index (χ4v) is 2.65. The van der Waals surface area contributed by atoms with Gasteiger partial charge in [0.15, 0.2) is 0 Å². The zero-order valence-corrected chi connectivity index (χ0v) is 9.66. The minimum Gasteiger partial charge on any atom is -0.387 e. The van der Waals surface area contributed by atoms with E-state index in [9.17, 15) is 5.11 Å². The van der Waals surface area contributed by atoms with Crippen molar-refractivity contribution in [3.63, 3.8) is 0 Å². The molecule has 16 heavy (non-hydrogen) atoms. The molecule has 1 fully saturated rings. The van der Waals surface area contributed by atoms with Crippen LogP contribution in [0, 0.1) is 0 Å². The predicted octanol–water partition coefficient (Wildman–Crippen LogP) is 0.556. The highest BCUT2D eigenvalue weighted by Crippen LogP contribution is 2.29. The molecule has 0 atom stereocenters. The smallest absolute Gasteiger partial charge is 0.0935 e. The third-order valence-electron chi connectivity index (χ3n) is 3.71. The molecule has 2 heterocycles. The highest BCUT2D eigenvalue weighted by molar-refractivity contribution is 5.58. The number of anilines is 1. The first-order chi connectivity index (χ1) is 7.66. The second kappa shape index (κ2) is 3.47. The molecule has 0 unspecified atom stereocenters. The lowest BCUT2D eigenvalue weighted by Crippen LogP contribution is -2.60. The van der Waals surface area contributed by atoms with E-state index in [1.54, 1.807) is 0 Å². The van der Waals surface area contributed by atoms with Crippen LogP contribution in [0.5, 0.6) is 0 Å². The van der Waals surface area contributed by atoms with Crippen molar-refractivity contribution >= 4 is 5.69 Å². The standard InChI is InChI=1S/C13H18N2O/c1-15-5-4-11-6-10(2-3-12(11)15)7-13(16)8-14-9-13/h2-3,6,14,16H,4-5,7-9H2,1H3. The summed E-state index contributed by atoms with van der Waals surface area (Å²) in [5.41, 5.74) is 3.54. The lowest BCUT2D eigenvalue weighted by molar-refractivity contribution is -0.00902. The number of nitrogens with zero attached hydrogens (tertiary/aromatic N) is 1. The lowest BCUT2D eigenvalue weighted by atomic mass is 9.88. The van der Waals surface area contributed by atoms with Crippen LogP contribution in [0.1, 0.15) is 11.1 Å². The van der Waals surface area contributed by atoms with Gasteiger partial charge in [0.1, 0.15) is 0 Å². The molecule has 2 N–H and O–H groups in total. The first-order valence-electron chi connectivity index (χ1n) is 5.92. The summed E-state index contributed by atoms with van der Waals surface area (Å²) in [7, 11) is 2.13. The van der Waals surface area contributed by atoms with E-state index < -0.39 is 5.60 Å². The van der Waals surface area contributed by atoms with E-state index in [-0.39, 0.29) is 0 Å². The molecule has 1 saturated heterocycles. The van der Waals surface area contributed by atoms with Gasteiger partial charge in [-0.05, 0) is 23.6 Å². The van der Waals surface area contributed by atoms with Gasteiger partial charge in [0.05, 0.1) is 5.60 Å². The predicted molar refractivity (Wildman–Crippen MR) is 64.9 cm³/mol. The summed E-state index contributed by atoms with van der Waals surface area (Å²) in [4.78, 5) is 2.29. The van der Waals surface area contributed by atoms with Gasteiger partial charge in [-0.25, -0.2) is 0 Å². The third kappa shape index (κ3) is 1.60. The van der Waals surface area contributed by atoms with Crippen LogP contribution in [0.15, 0.2) is 18.2 Å². The van der Waals surface area contributed by atoms with Gasteiger partial charge in [0.2, 0.25) is 0 Å². The molecule has 2 aliphatic rings. The van der Waals surface area contributed by atoms with E-state index in [0.29, 0.717) is 0 Å². The van der Waals surface area contributed by atoms with Crippen LogP contribution < -0.4 is 10.2 Å². The van der Waals surface area contributed by atoms with Gasteiger partial charge < -0.3 is 15.3 Å². The van der Waals surface area contributed by atoms with Crippen LogP contribution in [0.4, 0.5) is 5.69 Å². The van der Waals surface area contributed by atoms with Crippen LogP contribution in [0.3, 0.4) is 0 Å². The molecule has 3 nitrogen and oxygen atoms in total. The Hall–Kier alpha value is -1.06. The lowest BCUT2D eigenvalue weighted by Gasteiger charge is -2.37. The summed E-state index contributed by atoms with van der Waals surface area (Å²) in [5, 5.41) is 13.2. The summed E-state index contributed by atoms with van der Waals surface area (Å²) >= 11 is 0. The molecule has 3 heteroatoms. The Labute approximate surface area is 96.1 Å². The van der Waals surface area contributed by atoms with Crippen molar-refractivity contribution in [3.8, 4) is 0 Å². The molecular weight excluding hydrogens is 200 g/mol. The average molecular weight is 218 g/mol. The highest BCUT2D eigenvalue weighted by Gasteiger charge is 2.34. The fourth-order valence-electron chi connectivity index (χ4n) is 2.65. The summed E-state index contributed by atoms with van der Waals surface area (Å²) in [6.07, 6.45) is 1.91. The molecule has 0 bridgehead atoms. The van der Waals surface area contributed by atoms with E-state index in [4.69, 9.17) is 0 Å². The molecule has 0 saturated carbocycles. The number of hydrogen-bond donors (Lipinski definition) is 2. The molecule has 0 radical (unpaired) electrons. The summed E-state index contributed by atoms with van der Waals surface area (Å²) in [6.45, 7) is 2.57. The Kier molecular flexibility index (Phi) is 2.19. The van der Waals surface area contributed by atoms with Crippen LogP contribution in [0.2, 0.25) is 0 Å². The van der Waals surface area contributed by atoms with Crippen molar-refractivity contribution in [1.29, 1.82) is 0 Å². The number of fused-ring (bicyclic) bond motifs is 1. The van der Waals surface area contributed by atoms with Gasteiger partial charge in [-0.3, -0.25) is 0 Å². The molecule has 1 aromatic carbocycles. The van der Waals surface area contributed by atoms with Crippen LogP contribution in [0.25, 0.3) is 0 Å². The van der Waals surface area contributed by atoms with E-state index >= 15 is 0 Å². The van der Waals surface area contributed by atoms with Crippen molar-refractivity contribution in [1.82, 2.24) is 5.32 Å². The highest BCUT2D eigenvalue weighted by atomic mass is 16.3. The van der Waals surface area contributed by atoms with Gasteiger partial charge in [-0.15, -0.1) is 0 Å². The molecule has 0 aromatic heterocycles. The zero-order valence-electron chi connectivity index (χ0n) is 9.66. The molecular formula is C13H18N2O. The molecule has 0 amide bonds. The largest absolute Gasteiger partial charge is 0.387 e. The normalized spacial score (nSPS) is 21.8. The summed E-state index contributed by atoms with van der Waals surface area (Å²) < 4.78 is 0. The molecule has 86 valence electrons. The van der Waals surface area contributed by atoms with E-state index in [1.165, 1.54) is 16.8 Å². The van der Waals surface area contributed by atoms with Gasteiger partial charge in [0, 0.05) is 38.8 Å². The molecule has 2 aliphatic heterocycles. The van der Waals surface area contributed by atoms with Crippen LogP contribution in [-0.4, -0.2) is 37.4 Å². The second-order valence-corrected chi connectivity index (χ2v) is 5.14. The Balaban J connectivity index is 1.82. The van der Waals surface area contributed by atoms with E-state index in [1.807, 2.05) is 0 Å². The number of benzene rings is 1. The number of aliphatic hydroxyl groups is 1. The second-order valence-electron chi connectivity index (χ2n) is 5.14. The van der Waals surface area contributed by atoms with Crippen LogP contribution >= 0.6 is 0 Å². The maximum Gasteiger partial charge on any atom is 0.0935 e. The van der Waals surface area contributed by atoms with Gasteiger partial charge in [-0.2, -0.15) is 0 Å². The van der Waals surface area contributed by atoms with Crippen molar-refractivity contribution < 1.29 is 5.11 Å². The van der Waals surface area contributed by atoms with Gasteiger partial charge in [0.25, 0.3) is 0 Å². The molecule has 1 aromatic rings. The quantitative estimate of drug-likeness (QED) is 0.761. The summed E-state index contributed by atoms with van der Waals surface area (Å²) in [6, 6.07) is 6.60. The number of β-amino-alcohol motifs (C(OH)–C–C–N with tert-alkyl or cyclic N) is 1. The monoisotopic (exact) mass is 218 g/mol. The Morgan fingerprint density at radius 1 is 1.44 bits per heavy atom. The van der Waals surface area contributed by atoms with E-state index in [2.05, 4.69) is 35.5 Å². The first kappa shape index (κ1) is 10.1.